The van der Waals surface area contributed by atoms with Gasteiger partial charge in [0.1, 0.15) is 6.61 Å². The number of rotatable bonds is 9. The lowest BCUT2D eigenvalue weighted by atomic mass is 10.1. The number of aromatic nitrogens is 5. The van der Waals surface area contributed by atoms with Crippen LogP contribution in [-0.2, 0) is 16.0 Å². The standard InChI is InChI=1S/C31H32N8O4/c32-17-23-2-1-3-24(16-23)28-5-7-30(40)39(36-28)22-27-21-38(11-15-42-27)31-34-19-26(20-35-31)25-4-6-29(33-18-25)43-14-10-37-8-12-41-13-9-37/h1-7,16,18-20,27H,8-15,21-22H2/t27-/m0/s1. The van der Waals surface area contributed by atoms with Crippen molar-refractivity contribution in [2.45, 2.75) is 12.6 Å². The van der Waals surface area contributed by atoms with Crippen molar-refractivity contribution in [1.82, 2.24) is 29.6 Å². The van der Waals surface area contributed by atoms with Gasteiger partial charge in [0.15, 0.2) is 0 Å². The summed E-state index contributed by atoms with van der Waals surface area (Å²) in [7, 11) is 0. The smallest absolute Gasteiger partial charge is 0.266 e. The van der Waals surface area contributed by atoms with Gasteiger partial charge in [-0.3, -0.25) is 9.69 Å². The number of nitrogens with zero attached hydrogens (tertiary/aromatic N) is 8. The van der Waals surface area contributed by atoms with Crippen LogP contribution in [0.2, 0.25) is 0 Å². The van der Waals surface area contributed by atoms with Crippen LogP contribution in [0.3, 0.4) is 0 Å². The lowest BCUT2D eigenvalue weighted by Gasteiger charge is -2.33. The molecule has 0 radical (unpaired) electrons. The van der Waals surface area contributed by atoms with Gasteiger partial charge in [-0.15, -0.1) is 0 Å². The summed E-state index contributed by atoms with van der Waals surface area (Å²) in [6, 6.07) is 16.3. The molecule has 0 spiro atoms. The van der Waals surface area contributed by atoms with Crippen LogP contribution in [0.25, 0.3) is 22.4 Å². The maximum absolute atomic E-state index is 12.6. The van der Waals surface area contributed by atoms with Crippen molar-refractivity contribution in [2.75, 3.05) is 64.1 Å². The van der Waals surface area contributed by atoms with Crippen LogP contribution in [0.1, 0.15) is 5.56 Å². The summed E-state index contributed by atoms with van der Waals surface area (Å²) >= 11 is 0. The first-order chi connectivity index (χ1) is 21.1. The Kier molecular flexibility index (Phi) is 8.93. The minimum Gasteiger partial charge on any atom is -0.476 e. The maximum atomic E-state index is 12.6. The zero-order chi connectivity index (χ0) is 29.4. The summed E-state index contributed by atoms with van der Waals surface area (Å²) < 4.78 is 18.6. The van der Waals surface area contributed by atoms with Crippen molar-refractivity contribution in [3.63, 3.8) is 0 Å². The van der Waals surface area contributed by atoms with E-state index < -0.39 is 0 Å². The molecular formula is C31H32N8O4. The van der Waals surface area contributed by atoms with E-state index in [2.05, 4.69) is 31.0 Å². The van der Waals surface area contributed by atoms with Crippen molar-refractivity contribution in [2.24, 2.45) is 0 Å². The number of morpholine rings is 2. The third-order valence-corrected chi connectivity index (χ3v) is 7.42. The average molecular weight is 581 g/mol. The normalized spacial score (nSPS) is 17.4. The van der Waals surface area contributed by atoms with E-state index in [4.69, 9.17) is 14.2 Å². The third-order valence-electron chi connectivity index (χ3n) is 7.42. The van der Waals surface area contributed by atoms with Gasteiger partial charge >= 0.3 is 0 Å². The van der Waals surface area contributed by atoms with E-state index in [0.29, 0.717) is 49.4 Å². The van der Waals surface area contributed by atoms with E-state index in [1.807, 2.05) is 23.1 Å². The Morgan fingerprint density at radius 3 is 2.56 bits per heavy atom. The Balaban J connectivity index is 1.05. The van der Waals surface area contributed by atoms with Crippen molar-refractivity contribution in [3.05, 3.63) is 83.0 Å². The monoisotopic (exact) mass is 580 g/mol. The molecule has 6 rings (SSSR count). The molecule has 43 heavy (non-hydrogen) atoms. The van der Waals surface area contributed by atoms with Gasteiger partial charge < -0.3 is 19.1 Å². The summed E-state index contributed by atoms with van der Waals surface area (Å²) in [4.78, 5) is 30.6. The number of hydrogen-bond acceptors (Lipinski definition) is 11. The van der Waals surface area contributed by atoms with Crippen LogP contribution >= 0.6 is 0 Å². The van der Waals surface area contributed by atoms with Gasteiger partial charge in [-0.1, -0.05) is 12.1 Å². The number of ether oxygens (including phenoxy) is 3. The molecule has 12 nitrogen and oxygen atoms in total. The molecule has 2 fully saturated rings. The second-order valence-corrected chi connectivity index (χ2v) is 10.3. The first-order valence-electron chi connectivity index (χ1n) is 14.3. The molecule has 12 heteroatoms. The molecule has 2 aliphatic heterocycles. The van der Waals surface area contributed by atoms with E-state index in [0.717, 1.165) is 49.5 Å². The van der Waals surface area contributed by atoms with Gasteiger partial charge in [0.25, 0.3) is 5.56 Å². The highest BCUT2D eigenvalue weighted by molar-refractivity contribution is 5.62. The Labute approximate surface area is 249 Å². The predicted molar refractivity (Wildman–Crippen MR) is 159 cm³/mol. The lowest BCUT2D eigenvalue weighted by molar-refractivity contribution is 0.0260. The zero-order valence-electron chi connectivity index (χ0n) is 23.7. The van der Waals surface area contributed by atoms with Crippen molar-refractivity contribution < 1.29 is 14.2 Å². The first-order valence-corrected chi connectivity index (χ1v) is 14.3. The summed E-state index contributed by atoms with van der Waals surface area (Å²) in [5.41, 5.74) is 3.46. The van der Waals surface area contributed by atoms with Crippen LogP contribution in [0, 0.1) is 11.3 Å². The highest BCUT2D eigenvalue weighted by Crippen LogP contribution is 2.22. The molecule has 3 aromatic heterocycles. The van der Waals surface area contributed by atoms with Crippen molar-refractivity contribution >= 4 is 5.95 Å². The Morgan fingerprint density at radius 1 is 0.930 bits per heavy atom. The SMILES string of the molecule is N#Cc1cccc(-c2ccc(=O)n(C[C@@H]3CN(c4ncc(-c5ccc(OCCN6CCOCC6)nc5)cn4)CCO3)n2)c1. The molecule has 0 unspecified atom stereocenters. The van der Waals surface area contributed by atoms with Gasteiger partial charge in [0.2, 0.25) is 11.8 Å². The second-order valence-electron chi connectivity index (χ2n) is 10.3. The molecule has 220 valence electrons. The topological polar surface area (TPSA) is 132 Å². The predicted octanol–water partition coefficient (Wildman–Crippen LogP) is 2.25. The quantitative estimate of drug-likeness (QED) is 0.289. The van der Waals surface area contributed by atoms with E-state index in [-0.39, 0.29) is 18.2 Å². The lowest BCUT2D eigenvalue weighted by Crippen LogP contribution is -2.46. The van der Waals surface area contributed by atoms with E-state index in [1.54, 1.807) is 42.9 Å². The fourth-order valence-corrected chi connectivity index (χ4v) is 5.06. The molecular weight excluding hydrogens is 548 g/mol. The van der Waals surface area contributed by atoms with Gasteiger partial charge in [-0.05, 0) is 24.3 Å². The molecule has 1 aromatic carbocycles. The van der Waals surface area contributed by atoms with Crippen LogP contribution < -0.4 is 15.2 Å². The molecule has 0 amide bonds. The number of anilines is 1. The van der Waals surface area contributed by atoms with Crippen molar-refractivity contribution in [1.29, 1.82) is 5.26 Å². The molecule has 1 atom stereocenters. The summed E-state index contributed by atoms with van der Waals surface area (Å²) in [5, 5.41) is 13.8. The highest BCUT2D eigenvalue weighted by atomic mass is 16.5. The molecule has 2 saturated heterocycles. The molecule has 0 N–H and O–H groups in total. The van der Waals surface area contributed by atoms with Gasteiger partial charge in [0, 0.05) is 80.1 Å². The minimum absolute atomic E-state index is 0.219. The Morgan fingerprint density at radius 2 is 1.77 bits per heavy atom. The van der Waals surface area contributed by atoms with Gasteiger partial charge in [-0.25, -0.2) is 19.6 Å². The first kappa shape index (κ1) is 28.4. The molecule has 0 bridgehead atoms. The minimum atomic E-state index is -0.275. The second kappa shape index (κ2) is 13.5. The van der Waals surface area contributed by atoms with E-state index in [1.165, 1.54) is 10.7 Å². The summed E-state index contributed by atoms with van der Waals surface area (Å²) in [6.07, 6.45) is 5.06. The Hall–Kier alpha value is -4.70. The highest BCUT2D eigenvalue weighted by Gasteiger charge is 2.24. The maximum Gasteiger partial charge on any atom is 0.266 e. The van der Waals surface area contributed by atoms with Crippen LogP contribution in [0.4, 0.5) is 5.95 Å². The van der Waals surface area contributed by atoms with Crippen LogP contribution in [0.15, 0.2) is 71.9 Å². The molecule has 0 saturated carbocycles. The molecule has 4 aromatic rings. The van der Waals surface area contributed by atoms with Gasteiger partial charge in [0.05, 0.1) is 49.8 Å². The molecule has 0 aliphatic carbocycles. The van der Waals surface area contributed by atoms with E-state index in [9.17, 15) is 10.1 Å². The fraction of sp³-hybridized carbons (Fsp3) is 0.355. The van der Waals surface area contributed by atoms with Crippen molar-refractivity contribution in [3.8, 4) is 34.3 Å². The number of nitriles is 1. The molecule has 5 heterocycles. The van der Waals surface area contributed by atoms with Crippen LogP contribution in [0.5, 0.6) is 5.88 Å². The number of benzene rings is 1. The average Bonchev–Trinajstić information content (AvgIpc) is 3.07. The largest absolute Gasteiger partial charge is 0.476 e. The third kappa shape index (κ3) is 7.21. The fourth-order valence-electron chi connectivity index (χ4n) is 5.06. The summed E-state index contributed by atoms with van der Waals surface area (Å²) in [5.74, 6) is 1.18. The van der Waals surface area contributed by atoms with E-state index >= 15 is 0 Å². The number of hydrogen-bond donors (Lipinski definition) is 0. The van der Waals surface area contributed by atoms with Gasteiger partial charge in [-0.2, -0.15) is 10.4 Å². The molecule has 2 aliphatic rings. The number of pyridine rings is 1. The summed E-state index contributed by atoms with van der Waals surface area (Å²) in [6.45, 7) is 6.75. The zero-order valence-corrected chi connectivity index (χ0v) is 23.7. The Bertz CT molecular complexity index is 1610. The van der Waals surface area contributed by atoms with Crippen LogP contribution in [-0.4, -0.2) is 94.9 Å².